The second-order valence-electron chi connectivity index (χ2n) is 3.62. The fourth-order valence-electron chi connectivity index (χ4n) is 1.25. The van der Waals surface area contributed by atoms with Crippen LogP contribution in [-0.2, 0) is 14.3 Å². The number of hydrogen-bond donors (Lipinski definition) is 2. The number of carbonyl (C=O) groups excluding carboxylic acids is 2. The van der Waals surface area contributed by atoms with Crippen LogP contribution < -0.4 is 14.2 Å². The van der Waals surface area contributed by atoms with Crippen LogP contribution in [0.2, 0.25) is 0 Å². The fourth-order valence-corrected chi connectivity index (χ4v) is 1.31. The Balaban J connectivity index is 2.59. The number of carbonyl (C=O) groups is 2. The Morgan fingerprint density at radius 2 is 2.00 bits per heavy atom. The first-order valence-corrected chi connectivity index (χ1v) is 5.87. The lowest BCUT2D eigenvalue weighted by atomic mass is 10.2. The molecule has 0 saturated heterocycles. The molecule has 0 radical (unpaired) electrons. The lowest BCUT2D eigenvalue weighted by Crippen LogP contribution is -2.21. The molecule has 1 rings (SSSR count). The number of ether oxygens (including phenoxy) is 3. The normalized spacial score (nSPS) is 9.63. The Hall–Kier alpha value is -1.89. The van der Waals surface area contributed by atoms with E-state index in [0.29, 0.717) is 11.5 Å². The standard InChI is InChI=1S/C12H15NO5S/c1-8-5-9(17-6-11(14)13-19)3-4-10(8)18-7-12(15)16-2/h3-5,19H,6-7H2,1-2H3,(H,13,14). The maximum Gasteiger partial charge on any atom is 0.343 e. The van der Waals surface area contributed by atoms with Gasteiger partial charge in [-0.05, 0) is 30.7 Å². The molecule has 1 amide bonds. The van der Waals surface area contributed by atoms with Crippen molar-refractivity contribution >= 4 is 24.7 Å². The molecule has 0 fully saturated rings. The Bertz CT molecular complexity index is 463. The third-order valence-electron chi connectivity index (χ3n) is 2.21. The molecule has 0 atom stereocenters. The molecule has 104 valence electrons. The Kier molecular flexibility index (Phi) is 6.01. The third kappa shape index (κ3) is 5.09. The van der Waals surface area contributed by atoms with E-state index in [1.165, 1.54) is 7.11 Å². The predicted octanol–water partition coefficient (Wildman–Crippen LogP) is 0.887. The third-order valence-corrected chi connectivity index (χ3v) is 2.46. The molecule has 0 unspecified atom stereocenters. The maximum absolute atomic E-state index is 11.0. The van der Waals surface area contributed by atoms with Crippen LogP contribution >= 0.6 is 12.8 Å². The van der Waals surface area contributed by atoms with Crippen molar-refractivity contribution in [2.45, 2.75) is 6.92 Å². The second kappa shape index (κ2) is 7.52. The number of rotatable bonds is 6. The molecule has 7 heteroatoms. The average Bonchev–Trinajstić information content (AvgIpc) is 2.43. The Morgan fingerprint density at radius 1 is 1.26 bits per heavy atom. The van der Waals surface area contributed by atoms with Crippen molar-refractivity contribution in [1.82, 2.24) is 4.72 Å². The van der Waals surface area contributed by atoms with E-state index < -0.39 is 5.97 Å². The van der Waals surface area contributed by atoms with Gasteiger partial charge in [-0.3, -0.25) is 9.52 Å². The van der Waals surface area contributed by atoms with E-state index in [9.17, 15) is 9.59 Å². The molecule has 0 aliphatic rings. The summed E-state index contributed by atoms with van der Waals surface area (Å²) in [5, 5.41) is 0. The summed E-state index contributed by atoms with van der Waals surface area (Å²) in [5.74, 6) is 0.286. The van der Waals surface area contributed by atoms with Crippen LogP contribution in [0, 0.1) is 6.92 Å². The van der Waals surface area contributed by atoms with E-state index in [0.717, 1.165) is 5.56 Å². The molecule has 1 aromatic rings. The minimum Gasteiger partial charge on any atom is -0.484 e. The zero-order chi connectivity index (χ0) is 14.3. The highest BCUT2D eigenvalue weighted by Gasteiger charge is 2.06. The van der Waals surface area contributed by atoms with E-state index in [1.54, 1.807) is 25.1 Å². The van der Waals surface area contributed by atoms with Gasteiger partial charge in [0.05, 0.1) is 7.11 Å². The first kappa shape index (κ1) is 15.2. The van der Waals surface area contributed by atoms with Gasteiger partial charge in [0, 0.05) is 0 Å². The van der Waals surface area contributed by atoms with Crippen molar-refractivity contribution < 1.29 is 23.8 Å². The summed E-state index contributed by atoms with van der Waals surface area (Å²) in [4.78, 5) is 21.9. The maximum atomic E-state index is 11.0. The lowest BCUT2D eigenvalue weighted by molar-refractivity contribution is -0.142. The van der Waals surface area contributed by atoms with Crippen LogP contribution in [0.3, 0.4) is 0 Å². The van der Waals surface area contributed by atoms with Gasteiger partial charge in [-0.1, -0.05) is 12.8 Å². The van der Waals surface area contributed by atoms with Crippen LogP contribution in [0.15, 0.2) is 18.2 Å². The second-order valence-corrected chi connectivity index (χ2v) is 3.84. The number of aryl methyl sites for hydroxylation is 1. The first-order valence-electron chi connectivity index (χ1n) is 5.42. The predicted molar refractivity (Wildman–Crippen MR) is 71.3 cm³/mol. The quantitative estimate of drug-likeness (QED) is 0.600. The smallest absolute Gasteiger partial charge is 0.343 e. The van der Waals surface area contributed by atoms with E-state index >= 15 is 0 Å². The minimum atomic E-state index is -0.454. The van der Waals surface area contributed by atoms with Crippen molar-refractivity contribution in [3.8, 4) is 11.5 Å². The summed E-state index contributed by atoms with van der Waals surface area (Å²) >= 11 is 3.61. The molecule has 6 nitrogen and oxygen atoms in total. The molecule has 0 aromatic heterocycles. The molecule has 0 saturated carbocycles. The number of hydrogen-bond acceptors (Lipinski definition) is 6. The van der Waals surface area contributed by atoms with E-state index in [-0.39, 0.29) is 19.1 Å². The van der Waals surface area contributed by atoms with Crippen LogP contribution in [0.4, 0.5) is 0 Å². The number of amides is 1. The number of benzene rings is 1. The van der Waals surface area contributed by atoms with Crippen molar-refractivity contribution in [3.63, 3.8) is 0 Å². The summed E-state index contributed by atoms with van der Waals surface area (Å²) < 4.78 is 17.1. The van der Waals surface area contributed by atoms with Gasteiger partial charge in [-0.25, -0.2) is 4.79 Å². The fraction of sp³-hybridized carbons (Fsp3) is 0.333. The van der Waals surface area contributed by atoms with Gasteiger partial charge in [-0.2, -0.15) is 0 Å². The lowest BCUT2D eigenvalue weighted by Gasteiger charge is -2.10. The largest absolute Gasteiger partial charge is 0.484 e. The molecule has 1 N–H and O–H groups in total. The summed E-state index contributed by atoms with van der Waals surface area (Å²) in [7, 11) is 1.29. The molecular weight excluding hydrogens is 270 g/mol. The zero-order valence-electron chi connectivity index (χ0n) is 10.6. The first-order chi connectivity index (χ1) is 9.06. The van der Waals surface area contributed by atoms with Gasteiger partial charge in [0.2, 0.25) is 0 Å². The number of nitrogens with one attached hydrogen (secondary N) is 1. The minimum absolute atomic E-state index is 0.120. The summed E-state index contributed by atoms with van der Waals surface area (Å²) in [5.41, 5.74) is 0.785. The van der Waals surface area contributed by atoms with Crippen molar-refractivity contribution in [3.05, 3.63) is 23.8 Å². The molecule has 0 aliphatic carbocycles. The summed E-state index contributed by atoms with van der Waals surface area (Å²) in [6.45, 7) is 1.53. The zero-order valence-corrected chi connectivity index (χ0v) is 11.5. The molecule has 1 aromatic carbocycles. The molecule has 0 bridgehead atoms. The molecule has 0 aliphatic heterocycles. The SMILES string of the molecule is COC(=O)COc1ccc(OCC(=O)NS)cc1C. The van der Waals surface area contributed by atoms with Gasteiger partial charge < -0.3 is 14.2 Å². The van der Waals surface area contributed by atoms with Gasteiger partial charge >= 0.3 is 5.97 Å². The molecule has 19 heavy (non-hydrogen) atoms. The van der Waals surface area contributed by atoms with Crippen molar-refractivity contribution in [2.75, 3.05) is 20.3 Å². The van der Waals surface area contributed by atoms with Crippen molar-refractivity contribution in [1.29, 1.82) is 0 Å². The van der Waals surface area contributed by atoms with Crippen LogP contribution in [0.1, 0.15) is 5.56 Å². The highest BCUT2D eigenvalue weighted by molar-refractivity contribution is 7.78. The van der Waals surface area contributed by atoms with Gasteiger partial charge in [0.25, 0.3) is 5.91 Å². The van der Waals surface area contributed by atoms with Crippen LogP contribution in [0.25, 0.3) is 0 Å². The summed E-state index contributed by atoms with van der Waals surface area (Å²) in [6, 6.07) is 5.01. The number of thiol groups is 1. The van der Waals surface area contributed by atoms with E-state index in [1.807, 2.05) is 0 Å². The van der Waals surface area contributed by atoms with Gasteiger partial charge in [-0.15, -0.1) is 0 Å². The monoisotopic (exact) mass is 285 g/mol. The molecule has 0 spiro atoms. The van der Waals surface area contributed by atoms with Gasteiger partial charge in [0.1, 0.15) is 11.5 Å². The highest BCUT2D eigenvalue weighted by atomic mass is 32.1. The Morgan fingerprint density at radius 3 is 2.58 bits per heavy atom. The number of esters is 1. The van der Waals surface area contributed by atoms with Crippen molar-refractivity contribution in [2.24, 2.45) is 0 Å². The summed E-state index contributed by atoms with van der Waals surface area (Å²) in [6.07, 6.45) is 0. The van der Waals surface area contributed by atoms with E-state index in [4.69, 9.17) is 9.47 Å². The number of methoxy groups -OCH3 is 1. The average molecular weight is 285 g/mol. The van der Waals surface area contributed by atoms with Crippen LogP contribution in [0.5, 0.6) is 11.5 Å². The highest BCUT2D eigenvalue weighted by Crippen LogP contribution is 2.23. The Labute approximate surface area is 116 Å². The van der Waals surface area contributed by atoms with E-state index in [2.05, 4.69) is 22.3 Å². The van der Waals surface area contributed by atoms with Crippen LogP contribution in [-0.4, -0.2) is 32.2 Å². The molecule has 0 heterocycles. The van der Waals surface area contributed by atoms with Gasteiger partial charge in [0.15, 0.2) is 13.2 Å². The topological polar surface area (TPSA) is 73.9 Å². The molecular formula is C12H15NO5S.